The van der Waals surface area contributed by atoms with Gasteiger partial charge in [-0.25, -0.2) is 0 Å². The predicted octanol–water partition coefficient (Wildman–Crippen LogP) is 1.35. The van der Waals surface area contributed by atoms with Gasteiger partial charge >= 0.3 is 5.97 Å². The van der Waals surface area contributed by atoms with E-state index in [4.69, 9.17) is 9.84 Å². The molecule has 3 heteroatoms. The number of aliphatic hydroxyl groups excluding tert-OH is 1. The minimum absolute atomic E-state index is 0.136. The maximum absolute atomic E-state index is 10.9. The highest BCUT2D eigenvalue weighted by atomic mass is 16.5. The van der Waals surface area contributed by atoms with Crippen molar-refractivity contribution in [1.82, 2.24) is 0 Å². The second-order valence-electron chi connectivity index (χ2n) is 3.25. The van der Waals surface area contributed by atoms with Crippen molar-refractivity contribution in [2.24, 2.45) is 5.92 Å². The molecule has 0 aliphatic rings. The lowest BCUT2D eigenvalue weighted by Crippen LogP contribution is -2.08. The Labute approximate surface area is 73.7 Å². The van der Waals surface area contributed by atoms with Gasteiger partial charge in [-0.1, -0.05) is 13.8 Å². The molecule has 0 rings (SSSR count). The molecule has 0 aromatic heterocycles. The normalized spacial score (nSPS) is 10.3. The van der Waals surface area contributed by atoms with Crippen molar-refractivity contribution in [3.63, 3.8) is 0 Å². The van der Waals surface area contributed by atoms with Crippen LogP contribution in [0.15, 0.2) is 0 Å². The fourth-order valence-electron chi connectivity index (χ4n) is 0.792. The van der Waals surface area contributed by atoms with Crippen LogP contribution in [0.4, 0.5) is 0 Å². The van der Waals surface area contributed by atoms with Crippen LogP contribution in [0.3, 0.4) is 0 Å². The van der Waals surface area contributed by atoms with Crippen LogP contribution in [-0.4, -0.2) is 24.3 Å². The van der Waals surface area contributed by atoms with Crippen LogP contribution in [0.1, 0.15) is 33.1 Å². The van der Waals surface area contributed by atoms with E-state index in [1.165, 1.54) is 0 Å². The molecule has 0 saturated carbocycles. The van der Waals surface area contributed by atoms with E-state index in [1.807, 2.05) is 13.8 Å². The van der Waals surface area contributed by atoms with Crippen molar-refractivity contribution >= 4 is 5.97 Å². The summed E-state index contributed by atoms with van der Waals surface area (Å²) in [5, 5.41) is 8.44. The van der Waals surface area contributed by atoms with Crippen molar-refractivity contribution in [3.05, 3.63) is 0 Å². The third kappa shape index (κ3) is 7.54. The van der Waals surface area contributed by atoms with Crippen molar-refractivity contribution in [3.8, 4) is 0 Å². The van der Waals surface area contributed by atoms with Gasteiger partial charge in [0.1, 0.15) is 0 Å². The summed E-state index contributed by atoms with van der Waals surface area (Å²) in [4.78, 5) is 10.9. The summed E-state index contributed by atoms with van der Waals surface area (Å²) in [7, 11) is 0. The van der Waals surface area contributed by atoms with Crippen LogP contribution in [0.2, 0.25) is 0 Å². The number of aliphatic hydroxyl groups is 1. The second-order valence-corrected chi connectivity index (χ2v) is 3.25. The maximum atomic E-state index is 10.9. The van der Waals surface area contributed by atoms with E-state index in [0.717, 1.165) is 6.42 Å². The molecule has 0 aliphatic heterocycles. The smallest absolute Gasteiger partial charge is 0.306 e. The molecule has 0 aromatic rings. The molecule has 3 nitrogen and oxygen atoms in total. The fraction of sp³-hybridized carbons (Fsp3) is 0.889. The number of ether oxygens (including phenoxy) is 1. The molecule has 0 atom stereocenters. The van der Waals surface area contributed by atoms with Crippen molar-refractivity contribution in [2.45, 2.75) is 33.1 Å². The first-order valence-corrected chi connectivity index (χ1v) is 4.43. The molecule has 0 unspecified atom stereocenters. The van der Waals surface area contributed by atoms with E-state index in [1.54, 1.807) is 0 Å². The molecule has 0 radical (unpaired) electrons. The molecule has 72 valence electrons. The average molecular weight is 174 g/mol. The first-order chi connectivity index (χ1) is 5.66. The van der Waals surface area contributed by atoms with E-state index in [0.29, 0.717) is 25.4 Å². The molecule has 1 N–H and O–H groups in total. The summed E-state index contributed by atoms with van der Waals surface area (Å²) in [5.41, 5.74) is 0. The Morgan fingerprint density at radius 3 is 2.58 bits per heavy atom. The highest BCUT2D eigenvalue weighted by Crippen LogP contribution is 2.01. The van der Waals surface area contributed by atoms with Crippen LogP contribution < -0.4 is 0 Å². The summed E-state index contributed by atoms with van der Waals surface area (Å²) < 4.78 is 4.90. The van der Waals surface area contributed by atoms with Crippen molar-refractivity contribution in [2.75, 3.05) is 13.2 Å². The number of rotatable bonds is 6. The molecule has 0 aliphatic carbocycles. The summed E-state index contributed by atoms with van der Waals surface area (Å²) in [6, 6.07) is 0. The quantitative estimate of drug-likeness (QED) is 0.488. The Bertz CT molecular complexity index is 121. The third-order valence-corrected chi connectivity index (χ3v) is 1.39. The van der Waals surface area contributed by atoms with E-state index in [9.17, 15) is 4.79 Å². The number of unbranched alkanes of at least 4 members (excludes halogenated alkanes) is 1. The molecule has 0 fully saturated rings. The number of esters is 1. The van der Waals surface area contributed by atoms with Crippen LogP contribution in [-0.2, 0) is 9.53 Å². The van der Waals surface area contributed by atoms with Gasteiger partial charge in [0, 0.05) is 13.0 Å². The van der Waals surface area contributed by atoms with Crippen molar-refractivity contribution < 1.29 is 14.6 Å². The molecule has 0 saturated heterocycles. The Balaban J connectivity index is 3.20. The molecule has 0 bridgehead atoms. The van der Waals surface area contributed by atoms with Gasteiger partial charge in [0.2, 0.25) is 0 Å². The Hall–Kier alpha value is -0.570. The molecule has 0 amide bonds. The van der Waals surface area contributed by atoms with Gasteiger partial charge in [-0.15, -0.1) is 0 Å². The van der Waals surface area contributed by atoms with Crippen molar-refractivity contribution in [1.29, 1.82) is 0 Å². The lowest BCUT2D eigenvalue weighted by Gasteiger charge is -2.05. The van der Waals surface area contributed by atoms with Gasteiger partial charge in [0.05, 0.1) is 6.61 Å². The van der Waals surface area contributed by atoms with Crippen LogP contribution in [0, 0.1) is 5.92 Å². The van der Waals surface area contributed by atoms with Gasteiger partial charge in [0.15, 0.2) is 0 Å². The lowest BCUT2D eigenvalue weighted by molar-refractivity contribution is -0.144. The lowest BCUT2D eigenvalue weighted by atomic mass is 10.1. The van der Waals surface area contributed by atoms with Crippen LogP contribution in [0.25, 0.3) is 0 Å². The third-order valence-electron chi connectivity index (χ3n) is 1.39. The Morgan fingerprint density at radius 1 is 1.42 bits per heavy atom. The Morgan fingerprint density at radius 2 is 2.08 bits per heavy atom. The van der Waals surface area contributed by atoms with Gasteiger partial charge < -0.3 is 9.84 Å². The summed E-state index contributed by atoms with van der Waals surface area (Å²) in [6.45, 7) is 4.57. The number of hydrogen-bond donors (Lipinski definition) is 1. The standard InChI is InChI=1S/C9H18O3/c1-8(2)7-9(11)12-6-4-3-5-10/h8,10H,3-7H2,1-2H3. The minimum atomic E-state index is -0.136. The Kier molecular flexibility index (Phi) is 6.76. The first kappa shape index (κ1) is 11.4. The van der Waals surface area contributed by atoms with E-state index in [-0.39, 0.29) is 12.6 Å². The molecule has 0 heterocycles. The summed E-state index contributed by atoms with van der Waals surface area (Å²) in [6.07, 6.45) is 1.94. The number of carbonyl (C=O) groups excluding carboxylic acids is 1. The molecule has 0 aromatic carbocycles. The number of hydrogen-bond acceptors (Lipinski definition) is 3. The van der Waals surface area contributed by atoms with Gasteiger partial charge in [-0.2, -0.15) is 0 Å². The maximum Gasteiger partial charge on any atom is 0.306 e. The molecular weight excluding hydrogens is 156 g/mol. The zero-order chi connectivity index (χ0) is 9.40. The molecular formula is C9H18O3. The molecule has 12 heavy (non-hydrogen) atoms. The highest BCUT2D eigenvalue weighted by Gasteiger charge is 2.04. The molecule has 0 spiro atoms. The first-order valence-electron chi connectivity index (χ1n) is 4.43. The van der Waals surface area contributed by atoms with Crippen LogP contribution >= 0.6 is 0 Å². The number of carbonyl (C=O) groups is 1. The minimum Gasteiger partial charge on any atom is -0.466 e. The fourth-order valence-corrected chi connectivity index (χ4v) is 0.792. The van der Waals surface area contributed by atoms with Gasteiger partial charge in [-0.3, -0.25) is 4.79 Å². The van der Waals surface area contributed by atoms with E-state index < -0.39 is 0 Å². The van der Waals surface area contributed by atoms with Crippen LogP contribution in [0.5, 0.6) is 0 Å². The summed E-state index contributed by atoms with van der Waals surface area (Å²) in [5.74, 6) is 0.221. The van der Waals surface area contributed by atoms with Gasteiger partial charge in [-0.05, 0) is 18.8 Å². The van der Waals surface area contributed by atoms with E-state index in [2.05, 4.69) is 0 Å². The highest BCUT2D eigenvalue weighted by molar-refractivity contribution is 5.69. The zero-order valence-electron chi connectivity index (χ0n) is 7.88. The topological polar surface area (TPSA) is 46.5 Å². The largest absolute Gasteiger partial charge is 0.466 e. The SMILES string of the molecule is CC(C)CC(=O)OCCCCO. The second kappa shape index (κ2) is 7.10. The predicted molar refractivity (Wildman–Crippen MR) is 46.7 cm³/mol. The zero-order valence-corrected chi connectivity index (χ0v) is 7.88. The average Bonchev–Trinajstić information content (AvgIpc) is 1.97. The summed E-state index contributed by atoms with van der Waals surface area (Å²) >= 11 is 0. The monoisotopic (exact) mass is 174 g/mol. The van der Waals surface area contributed by atoms with E-state index >= 15 is 0 Å². The van der Waals surface area contributed by atoms with Gasteiger partial charge in [0.25, 0.3) is 0 Å².